The van der Waals surface area contributed by atoms with E-state index in [1.165, 1.54) is 0 Å². The van der Waals surface area contributed by atoms with E-state index in [-0.39, 0.29) is 0 Å². The Morgan fingerprint density at radius 3 is 2.92 bits per heavy atom. The van der Waals surface area contributed by atoms with E-state index in [1.807, 2.05) is 19.1 Å². The first-order valence-electron chi connectivity index (χ1n) is 4.31. The molecule has 2 heteroatoms. The predicted molar refractivity (Wildman–Crippen MR) is 54.2 cm³/mol. The molecule has 2 rings (SSSR count). The highest BCUT2D eigenvalue weighted by Gasteiger charge is 2.05. The van der Waals surface area contributed by atoms with Gasteiger partial charge in [0.25, 0.3) is 0 Å². The van der Waals surface area contributed by atoms with Crippen LogP contribution in [0.25, 0.3) is 11.0 Å². The number of rotatable bonds is 1. The van der Waals surface area contributed by atoms with Crippen LogP contribution in [0.1, 0.15) is 18.2 Å². The van der Waals surface area contributed by atoms with Crippen molar-refractivity contribution in [2.75, 3.05) is 0 Å². The van der Waals surface area contributed by atoms with Crippen LogP contribution in [0.4, 0.5) is 0 Å². The topological polar surface area (TPSA) is 13.1 Å². The van der Waals surface area contributed by atoms with E-state index >= 15 is 0 Å². The summed E-state index contributed by atoms with van der Waals surface area (Å²) in [5, 5.41) is 1.73. The van der Waals surface area contributed by atoms with Crippen LogP contribution in [0.15, 0.2) is 16.5 Å². The van der Waals surface area contributed by atoms with Gasteiger partial charge in [0.2, 0.25) is 0 Å². The van der Waals surface area contributed by atoms with E-state index in [4.69, 9.17) is 16.0 Å². The molecule has 0 atom stereocenters. The summed E-state index contributed by atoms with van der Waals surface area (Å²) in [5.41, 5.74) is 1.80. The minimum atomic E-state index is 0.713. The number of furan rings is 1. The zero-order valence-corrected chi connectivity index (χ0v) is 8.40. The lowest BCUT2D eigenvalue weighted by atomic mass is 10.2. The van der Waals surface area contributed by atoms with E-state index in [0.29, 0.717) is 5.02 Å². The van der Waals surface area contributed by atoms with Crippen molar-refractivity contribution in [2.45, 2.75) is 20.3 Å². The van der Waals surface area contributed by atoms with Crippen LogP contribution in [-0.2, 0) is 6.42 Å². The number of aryl methyl sites for hydroxylation is 2. The molecule has 0 amide bonds. The van der Waals surface area contributed by atoms with Crippen LogP contribution in [0.2, 0.25) is 5.02 Å². The Labute approximate surface area is 82.3 Å². The number of halogens is 1. The van der Waals surface area contributed by atoms with Crippen molar-refractivity contribution in [1.29, 1.82) is 0 Å². The molecule has 0 bridgehead atoms. The number of hydrogen-bond donors (Lipinski definition) is 0. The monoisotopic (exact) mass is 193 g/mol. The Bertz CT molecular complexity index is 404. The van der Waals surface area contributed by atoms with Crippen LogP contribution in [-0.4, -0.2) is 0 Å². The van der Waals surface area contributed by atoms with E-state index in [9.17, 15) is 0 Å². The van der Waals surface area contributed by atoms with Crippen molar-refractivity contribution >= 4 is 22.6 Å². The minimum Gasteiger partial charge on any atom is -0.461 e. The highest BCUT2D eigenvalue weighted by Crippen LogP contribution is 2.25. The van der Waals surface area contributed by atoms with Gasteiger partial charge in [-0.1, -0.05) is 18.5 Å². The summed E-state index contributed by atoms with van der Waals surface area (Å²) in [6.45, 7) is 4.01. The van der Waals surface area contributed by atoms with Crippen LogP contribution in [0.3, 0.4) is 0 Å². The molecular formula is C11H10ClO. The second-order valence-corrected chi connectivity index (χ2v) is 3.49. The summed E-state index contributed by atoms with van der Waals surface area (Å²) in [6, 6.07) is 7.05. The van der Waals surface area contributed by atoms with Gasteiger partial charge in [0.1, 0.15) is 11.3 Å². The van der Waals surface area contributed by atoms with Crippen molar-refractivity contribution in [3.05, 3.63) is 34.5 Å². The highest BCUT2D eigenvalue weighted by atomic mass is 35.5. The molecule has 1 heterocycles. The van der Waals surface area contributed by atoms with Crippen LogP contribution in [0, 0.1) is 13.0 Å². The van der Waals surface area contributed by atoms with E-state index in [1.54, 1.807) is 0 Å². The maximum absolute atomic E-state index is 5.95. The first-order chi connectivity index (χ1) is 6.20. The zero-order valence-electron chi connectivity index (χ0n) is 7.65. The van der Waals surface area contributed by atoms with E-state index in [2.05, 4.69) is 13.0 Å². The third-order valence-electron chi connectivity index (χ3n) is 2.10. The predicted octanol–water partition coefficient (Wildman–Crippen LogP) is 3.76. The molecule has 1 aromatic carbocycles. The molecule has 0 aliphatic carbocycles. The second-order valence-electron chi connectivity index (χ2n) is 3.09. The third-order valence-corrected chi connectivity index (χ3v) is 2.49. The molecule has 0 fully saturated rings. The number of benzene rings is 1. The summed E-state index contributed by atoms with van der Waals surface area (Å²) in [7, 11) is 0. The molecular weight excluding hydrogens is 184 g/mol. The van der Waals surface area contributed by atoms with Crippen LogP contribution >= 0.6 is 11.6 Å². The summed E-state index contributed by atoms with van der Waals surface area (Å²) >= 11 is 5.95. The fraction of sp³-hybridized carbons (Fsp3) is 0.273. The van der Waals surface area contributed by atoms with Gasteiger partial charge in [-0.15, -0.1) is 0 Å². The molecule has 13 heavy (non-hydrogen) atoms. The third kappa shape index (κ3) is 1.44. The lowest BCUT2D eigenvalue weighted by Crippen LogP contribution is -1.73. The van der Waals surface area contributed by atoms with E-state index < -0.39 is 0 Å². The first kappa shape index (κ1) is 8.64. The molecule has 1 radical (unpaired) electrons. The van der Waals surface area contributed by atoms with Gasteiger partial charge in [-0.25, -0.2) is 0 Å². The minimum absolute atomic E-state index is 0.713. The molecule has 1 aromatic heterocycles. The molecule has 2 aromatic rings. The van der Waals surface area contributed by atoms with Gasteiger partial charge >= 0.3 is 0 Å². The second kappa shape index (κ2) is 3.08. The largest absolute Gasteiger partial charge is 0.461 e. The molecule has 0 saturated heterocycles. The lowest BCUT2D eigenvalue weighted by molar-refractivity contribution is 0.557. The SMILES string of the molecule is CCc1cc2[c]c(C)c(Cl)cc2o1. The highest BCUT2D eigenvalue weighted by molar-refractivity contribution is 6.32. The number of fused-ring (bicyclic) bond motifs is 1. The van der Waals surface area contributed by atoms with Gasteiger partial charge in [-0.2, -0.15) is 0 Å². The molecule has 0 saturated carbocycles. The van der Waals surface area contributed by atoms with Crippen molar-refractivity contribution in [3.63, 3.8) is 0 Å². The van der Waals surface area contributed by atoms with Crippen molar-refractivity contribution in [3.8, 4) is 0 Å². The maximum Gasteiger partial charge on any atom is 0.136 e. The average Bonchev–Trinajstić information content (AvgIpc) is 2.48. The summed E-state index contributed by atoms with van der Waals surface area (Å²) < 4.78 is 5.54. The standard InChI is InChI=1S/C11H10ClO/c1-3-9-5-8-4-7(2)10(12)6-11(8)13-9/h5-6H,3H2,1-2H3. The fourth-order valence-corrected chi connectivity index (χ4v) is 1.47. The summed E-state index contributed by atoms with van der Waals surface area (Å²) in [4.78, 5) is 0. The average molecular weight is 194 g/mol. The Hall–Kier alpha value is -0.950. The first-order valence-corrected chi connectivity index (χ1v) is 4.69. The molecule has 0 spiro atoms. The fourth-order valence-electron chi connectivity index (χ4n) is 1.32. The van der Waals surface area contributed by atoms with Crippen LogP contribution in [0.5, 0.6) is 0 Å². The summed E-state index contributed by atoms with van der Waals surface area (Å²) in [6.07, 6.45) is 0.902. The van der Waals surface area contributed by atoms with Gasteiger partial charge in [-0.05, 0) is 24.6 Å². The van der Waals surface area contributed by atoms with Crippen molar-refractivity contribution in [2.24, 2.45) is 0 Å². The van der Waals surface area contributed by atoms with Crippen LogP contribution < -0.4 is 0 Å². The van der Waals surface area contributed by atoms with E-state index in [0.717, 1.165) is 28.7 Å². The quantitative estimate of drug-likeness (QED) is 0.672. The zero-order chi connectivity index (χ0) is 9.42. The van der Waals surface area contributed by atoms with Gasteiger partial charge in [0.05, 0.1) is 0 Å². The Morgan fingerprint density at radius 2 is 2.23 bits per heavy atom. The number of hydrogen-bond acceptors (Lipinski definition) is 1. The maximum atomic E-state index is 5.95. The Morgan fingerprint density at radius 1 is 1.46 bits per heavy atom. The molecule has 0 N–H and O–H groups in total. The van der Waals surface area contributed by atoms with Gasteiger partial charge in [-0.3, -0.25) is 0 Å². The van der Waals surface area contributed by atoms with Gasteiger partial charge < -0.3 is 4.42 Å². The molecule has 0 aliphatic heterocycles. The molecule has 67 valence electrons. The van der Waals surface area contributed by atoms with Crippen molar-refractivity contribution in [1.82, 2.24) is 0 Å². The van der Waals surface area contributed by atoms with Gasteiger partial charge in [0, 0.05) is 22.9 Å². The van der Waals surface area contributed by atoms with Crippen molar-refractivity contribution < 1.29 is 4.42 Å². The lowest BCUT2D eigenvalue weighted by Gasteiger charge is -1.94. The van der Waals surface area contributed by atoms with Gasteiger partial charge in [0.15, 0.2) is 0 Å². The molecule has 0 aliphatic rings. The molecule has 0 unspecified atom stereocenters. The normalized spacial score (nSPS) is 11.0. The molecule has 1 nitrogen and oxygen atoms in total. The Balaban J connectivity index is 2.70. The Kier molecular flexibility index (Phi) is 2.04. The smallest absolute Gasteiger partial charge is 0.136 e. The summed E-state index contributed by atoms with van der Waals surface area (Å²) in [5.74, 6) is 0.980.